The summed E-state index contributed by atoms with van der Waals surface area (Å²) in [7, 11) is 0. The average Bonchev–Trinajstić information content (AvgIpc) is 3.06. The molecule has 16 heteroatoms. The van der Waals surface area contributed by atoms with Gasteiger partial charge in [-0.1, -0.05) is 39.0 Å². The van der Waals surface area contributed by atoms with E-state index >= 15 is 0 Å². The Balaban J connectivity index is 2.24. The van der Waals surface area contributed by atoms with Crippen LogP contribution in [0, 0.1) is 0 Å². The van der Waals surface area contributed by atoms with Crippen molar-refractivity contribution in [1.82, 2.24) is 26.6 Å². The minimum absolute atomic E-state index is 0.0733. The predicted octanol–water partition coefficient (Wildman–Crippen LogP) is 0.912. The normalized spacial score (nSPS) is 16.8. The monoisotopic (exact) mass is 697 g/mol. The molecule has 0 aromatic carbocycles. The van der Waals surface area contributed by atoms with Gasteiger partial charge in [-0.15, -0.1) is 0 Å². The molecule has 0 aliphatic carbocycles. The number of aliphatic hydroxyl groups excluding tert-OH is 2. The van der Waals surface area contributed by atoms with Crippen LogP contribution in [-0.4, -0.2) is 108 Å². The molecule has 8 N–H and O–H groups in total. The van der Waals surface area contributed by atoms with Gasteiger partial charge in [0.15, 0.2) is 6.10 Å². The number of aliphatic hydroxyl groups is 2. The van der Waals surface area contributed by atoms with Crippen LogP contribution in [0.1, 0.15) is 90.9 Å². The summed E-state index contributed by atoms with van der Waals surface area (Å²) in [5.74, 6) is -2.62. The number of hydrogen-bond acceptors (Lipinski definition) is 10. The summed E-state index contributed by atoms with van der Waals surface area (Å²) in [6.45, 7) is 3.91. The minimum atomic E-state index is -1.47. The first-order chi connectivity index (χ1) is 23.5. The lowest BCUT2D eigenvalue weighted by Gasteiger charge is -2.30. The van der Waals surface area contributed by atoms with Crippen LogP contribution in [-0.2, 0) is 33.4 Å². The Morgan fingerprint density at radius 1 is 0.878 bits per heavy atom. The van der Waals surface area contributed by atoms with Gasteiger partial charge >= 0.3 is 12.1 Å². The van der Waals surface area contributed by atoms with E-state index in [-0.39, 0.29) is 61.7 Å². The predicted molar refractivity (Wildman–Crippen MR) is 179 cm³/mol. The van der Waals surface area contributed by atoms with Crippen molar-refractivity contribution in [2.24, 2.45) is 0 Å². The van der Waals surface area contributed by atoms with E-state index in [4.69, 9.17) is 9.47 Å². The molecule has 0 aromatic rings. The Kier molecular flexibility index (Phi) is 22.5. The number of carbonyl (C=O) groups is 6. The van der Waals surface area contributed by atoms with E-state index in [1.54, 1.807) is 0 Å². The maximum atomic E-state index is 12.3. The Bertz CT molecular complexity index is 1110. The molecule has 278 valence electrons. The molecule has 0 saturated heterocycles. The van der Waals surface area contributed by atoms with E-state index in [9.17, 15) is 44.1 Å². The molecule has 0 aromatic heterocycles. The van der Waals surface area contributed by atoms with Crippen LogP contribution in [0.3, 0.4) is 0 Å². The molecule has 1 aliphatic rings. The van der Waals surface area contributed by atoms with Crippen molar-refractivity contribution in [3.63, 3.8) is 0 Å². The molecule has 4 atom stereocenters. The molecule has 0 radical (unpaired) electrons. The van der Waals surface area contributed by atoms with Gasteiger partial charge in [0.05, 0.1) is 19.2 Å². The van der Waals surface area contributed by atoms with Crippen molar-refractivity contribution in [1.29, 1.82) is 0 Å². The third-order valence-corrected chi connectivity index (χ3v) is 7.42. The second-order valence-corrected chi connectivity index (χ2v) is 11.7. The lowest BCUT2D eigenvalue weighted by Crippen LogP contribution is -2.45. The van der Waals surface area contributed by atoms with Crippen molar-refractivity contribution >= 4 is 35.7 Å². The molecular weight excluding hydrogens is 642 g/mol. The summed E-state index contributed by atoms with van der Waals surface area (Å²) in [6, 6.07) is -0.599. The first-order valence-electron chi connectivity index (χ1n) is 17.1. The lowest BCUT2D eigenvalue weighted by molar-refractivity contribution is -0.138. The number of rotatable bonds is 25. The zero-order valence-corrected chi connectivity index (χ0v) is 28.7. The van der Waals surface area contributed by atoms with Crippen LogP contribution < -0.4 is 26.6 Å². The first-order valence-corrected chi connectivity index (χ1v) is 17.1. The van der Waals surface area contributed by atoms with Gasteiger partial charge in [-0.2, -0.15) is 0 Å². The molecule has 0 unspecified atom stereocenters. The van der Waals surface area contributed by atoms with Crippen LogP contribution in [0.4, 0.5) is 4.79 Å². The highest BCUT2D eigenvalue weighted by Gasteiger charge is 2.30. The highest BCUT2D eigenvalue weighted by molar-refractivity contribution is 5.85. The quantitative estimate of drug-likeness (QED) is 0.0493. The van der Waals surface area contributed by atoms with Crippen molar-refractivity contribution in [3.05, 3.63) is 24.0 Å². The number of nitrogens with one attached hydrogen (secondary N) is 5. The van der Waals surface area contributed by atoms with Gasteiger partial charge < -0.3 is 51.4 Å². The molecule has 0 fully saturated rings. The van der Waals surface area contributed by atoms with Crippen molar-refractivity contribution < 1.29 is 53.6 Å². The van der Waals surface area contributed by atoms with Crippen molar-refractivity contribution in [2.45, 2.75) is 115 Å². The van der Waals surface area contributed by atoms with Gasteiger partial charge in [0, 0.05) is 39.4 Å². The summed E-state index contributed by atoms with van der Waals surface area (Å²) in [5, 5.41) is 42.1. The fourth-order valence-electron chi connectivity index (χ4n) is 4.72. The van der Waals surface area contributed by atoms with E-state index in [1.807, 2.05) is 0 Å². The van der Waals surface area contributed by atoms with Gasteiger partial charge in [0.1, 0.15) is 12.2 Å². The number of aliphatic carboxylic acids is 1. The number of carboxylic acids is 1. The first kappa shape index (κ1) is 42.8. The van der Waals surface area contributed by atoms with E-state index in [2.05, 4.69) is 33.5 Å². The number of alkyl carbamates (subject to hydrolysis) is 1. The largest absolute Gasteiger partial charge is 0.477 e. The number of ether oxygens (including phenoxy) is 2. The molecule has 0 bridgehead atoms. The van der Waals surface area contributed by atoms with E-state index < -0.39 is 43.0 Å². The van der Waals surface area contributed by atoms with Gasteiger partial charge in [-0.25, -0.2) is 9.59 Å². The molecule has 1 aliphatic heterocycles. The van der Waals surface area contributed by atoms with E-state index in [0.717, 1.165) is 38.5 Å². The SMILES string of the molecule is CCCCCCNC(=O)CCCC(=O)NCC(=O)NCCCCCCNC(=O)O[C@@H](C=C[C@@H]1OC(C(=O)O)=CC[C@H]1NC(C)=O)[C@H](O)CO. The van der Waals surface area contributed by atoms with Gasteiger partial charge in [-0.05, 0) is 50.3 Å². The van der Waals surface area contributed by atoms with Crippen molar-refractivity contribution in [3.8, 4) is 0 Å². The number of carboxylic acid groups (broad SMARTS) is 1. The third-order valence-electron chi connectivity index (χ3n) is 7.42. The van der Waals surface area contributed by atoms with Gasteiger partial charge in [0.2, 0.25) is 29.4 Å². The number of carbonyl (C=O) groups excluding carboxylic acids is 5. The molecule has 49 heavy (non-hydrogen) atoms. The Hall–Kier alpha value is -4.18. The molecule has 1 rings (SSSR count). The second-order valence-electron chi connectivity index (χ2n) is 11.7. The fraction of sp³-hybridized carbons (Fsp3) is 0.697. The lowest BCUT2D eigenvalue weighted by atomic mass is 10.0. The van der Waals surface area contributed by atoms with E-state index in [0.29, 0.717) is 32.4 Å². The Morgan fingerprint density at radius 3 is 2.06 bits per heavy atom. The smallest absolute Gasteiger partial charge is 0.407 e. The highest BCUT2D eigenvalue weighted by atomic mass is 16.6. The average molecular weight is 698 g/mol. The highest BCUT2D eigenvalue weighted by Crippen LogP contribution is 2.20. The zero-order valence-electron chi connectivity index (χ0n) is 28.7. The molecular formula is C33H55N5O11. The van der Waals surface area contributed by atoms with Crippen LogP contribution in [0.25, 0.3) is 0 Å². The van der Waals surface area contributed by atoms with E-state index in [1.165, 1.54) is 25.2 Å². The molecule has 16 nitrogen and oxygen atoms in total. The molecule has 0 spiro atoms. The molecule has 1 heterocycles. The van der Waals surface area contributed by atoms with Crippen LogP contribution >= 0.6 is 0 Å². The van der Waals surface area contributed by atoms with Crippen LogP contribution in [0.2, 0.25) is 0 Å². The Labute approximate surface area is 287 Å². The summed E-state index contributed by atoms with van der Waals surface area (Å²) in [5.41, 5.74) is 0. The fourth-order valence-corrected chi connectivity index (χ4v) is 4.72. The zero-order chi connectivity index (χ0) is 36.4. The summed E-state index contributed by atoms with van der Waals surface area (Å²) in [4.78, 5) is 70.9. The minimum Gasteiger partial charge on any atom is -0.477 e. The number of hydrogen-bond donors (Lipinski definition) is 8. The van der Waals surface area contributed by atoms with Gasteiger partial charge in [-0.3, -0.25) is 19.2 Å². The van der Waals surface area contributed by atoms with Gasteiger partial charge in [0.25, 0.3) is 0 Å². The summed E-state index contributed by atoms with van der Waals surface area (Å²) < 4.78 is 10.7. The maximum Gasteiger partial charge on any atom is 0.407 e. The standard InChI is InChI=1S/C33H55N5O11/c1-3-4-5-8-18-34-29(42)12-11-13-30(43)37-21-31(44)35-19-9-6-7-10-20-36-33(47)49-27(25(41)22-39)17-16-26-24(38-23(2)40)14-15-28(48-26)32(45)46/h15-17,24-27,39,41H,3-14,18-22H2,1-2H3,(H,34,42)(H,35,44)(H,36,47)(H,37,43)(H,38,40)(H,45,46)/t24-,25-,26+,27+/m1/s1. The maximum absolute atomic E-state index is 12.3. The van der Waals surface area contributed by atoms with Crippen LogP contribution in [0.15, 0.2) is 24.0 Å². The topological polar surface area (TPSA) is 242 Å². The molecule has 5 amide bonds. The number of amides is 5. The number of unbranched alkanes of at least 4 members (excludes halogenated alkanes) is 6. The second kappa shape index (κ2) is 25.8. The van der Waals surface area contributed by atoms with Crippen molar-refractivity contribution in [2.75, 3.05) is 32.8 Å². The Morgan fingerprint density at radius 2 is 1.47 bits per heavy atom. The summed E-state index contributed by atoms with van der Waals surface area (Å²) in [6.07, 6.45) is 7.59. The van der Waals surface area contributed by atoms with Crippen LogP contribution in [0.5, 0.6) is 0 Å². The molecule has 0 saturated carbocycles. The summed E-state index contributed by atoms with van der Waals surface area (Å²) >= 11 is 0. The third kappa shape index (κ3) is 20.7.